The summed E-state index contributed by atoms with van der Waals surface area (Å²) in [6.07, 6.45) is -2.01. The molecule has 0 spiro atoms. The van der Waals surface area contributed by atoms with Gasteiger partial charge in [0.25, 0.3) is 0 Å². The molecule has 3 heterocycles. The van der Waals surface area contributed by atoms with Crippen LogP contribution in [0.4, 0.5) is 0 Å². The molecule has 3 aliphatic rings. The number of nitrogens with zero attached hydrogens (tertiary/aromatic N) is 1. The smallest absolute Gasteiger partial charge is 0.227 e. The molecule has 0 unspecified atom stereocenters. The molecule has 7 heteroatoms. The highest BCUT2D eigenvalue weighted by atomic mass is 31.1. The van der Waals surface area contributed by atoms with Gasteiger partial charge >= 0.3 is 0 Å². The molecule has 0 bridgehead atoms. The van der Waals surface area contributed by atoms with E-state index in [0.29, 0.717) is 12.5 Å². The lowest BCUT2D eigenvalue weighted by atomic mass is 9.96. The van der Waals surface area contributed by atoms with E-state index in [9.17, 15) is 0 Å². The van der Waals surface area contributed by atoms with Crippen molar-refractivity contribution in [3.63, 3.8) is 0 Å². The van der Waals surface area contributed by atoms with Crippen LogP contribution in [0.1, 0.15) is 18.8 Å². The lowest BCUT2D eigenvalue weighted by Crippen LogP contribution is -2.61. The first-order valence-corrected chi connectivity index (χ1v) is 12.8. The molecule has 0 aliphatic carbocycles. The minimum absolute atomic E-state index is 0.310. The van der Waals surface area contributed by atoms with E-state index in [2.05, 4.69) is 24.3 Å². The summed E-state index contributed by atoms with van der Waals surface area (Å²) >= 11 is 0. The van der Waals surface area contributed by atoms with Gasteiger partial charge in [-0.15, -0.1) is 0 Å². The Hall–Kier alpha value is -2.60. The first-order chi connectivity index (χ1) is 16.8. The largest absolute Gasteiger partial charge is 0.450 e. The van der Waals surface area contributed by atoms with Gasteiger partial charge in [-0.1, -0.05) is 91.0 Å². The Morgan fingerprint density at radius 1 is 0.824 bits per heavy atom. The van der Waals surface area contributed by atoms with Crippen LogP contribution in [0, 0.1) is 0 Å². The van der Waals surface area contributed by atoms with Crippen LogP contribution >= 0.6 is 8.15 Å². The summed E-state index contributed by atoms with van der Waals surface area (Å²) in [5.41, 5.74) is 0.970. The fourth-order valence-electron chi connectivity index (χ4n) is 4.62. The maximum absolute atomic E-state index is 7.00. The lowest BCUT2D eigenvalue weighted by Gasteiger charge is -2.47. The van der Waals surface area contributed by atoms with E-state index in [-0.39, 0.29) is 24.4 Å². The van der Waals surface area contributed by atoms with Crippen LogP contribution in [0.5, 0.6) is 0 Å². The topological polar surface area (TPSA) is 58.5 Å². The van der Waals surface area contributed by atoms with Gasteiger partial charge in [0, 0.05) is 23.1 Å². The summed E-state index contributed by atoms with van der Waals surface area (Å²) in [6.45, 7) is 2.24. The van der Waals surface area contributed by atoms with Gasteiger partial charge < -0.3 is 23.5 Å². The van der Waals surface area contributed by atoms with E-state index in [4.69, 9.17) is 28.5 Å². The predicted molar refractivity (Wildman–Crippen MR) is 131 cm³/mol. The average molecular weight is 475 g/mol. The van der Waals surface area contributed by atoms with Crippen LogP contribution < -0.4 is 10.6 Å². The molecular formula is C27H26NO5P. The van der Waals surface area contributed by atoms with Gasteiger partial charge in [0.2, 0.25) is 6.29 Å². The SMILES string of the molecule is CC1=N[C@H]2[C@@H](O1)O[C@@H]1CO[C@@H](c3ccccc3)O[C@H]1[C@@H]2OP(c1ccccc1)c1ccccc1. The Balaban J connectivity index is 1.36. The second-order valence-corrected chi connectivity index (χ2v) is 10.3. The number of hydrogen-bond donors (Lipinski definition) is 0. The lowest BCUT2D eigenvalue weighted by molar-refractivity contribution is -0.326. The van der Waals surface area contributed by atoms with Crippen LogP contribution in [0.2, 0.25) is 0 Å². The fraction of sp³-hybridized carbons (Fsp3) is 0.296. The minimum atomic E-state index is -1.11. The summed E-state index contributed by atoms with van der Waals surface area (Å²) in [6, 6.07) is 30.3. The van der Waals surface area contributed by atoms with Crippen molar-refractivity contribution in [3.8, 4) is 0 Å². The predicted octanol–water partition coefficient (Wildman–Crippen LogP) is 4.08. The highest BCUT2D eigenvalue weighted by Crippen LogP contribution is 2.45. The number of benzene rings is 3. The molecule has 3 aromatic rings. The van der Waals surface area contributed by atoms with Gasteiger partial charge in [0.05, 0.1) is 14.8 Å². The molecule has 0 saturated carbocycles. The Bertz CT molecular complexity index is 1090. The van der Waals surface area contributed by atoms with Gasteiger partial charge in [-0.05, 0) is 0 Å². The molecule has 0 amide bonds. The van der Waals surface area contributed by atoms with Crippen molar-refractivity contribution in [1.82, 2.24) is 0 Å². The summed E-state index contributed by atoms with van der Waals surface area (Å²) in [5, 5.41) is 2.27. The molecule has 0 aromatic heterocycles. The fourth-order valence-corrected chi connectivity index (χ4v) is 6.54. The van der Waals surface area contributed by atoms with Crippen molar-refractivity contribution in [1.29, 1.82) is 0 Å². The second-order valence-electron chi connectivity index (χ2n) is 8.51. The molecule has 2 fully saturated rings. The Kier molecular flexibility index (Phi) is 6.16. The first kappa shape index (κ1) is 21.9. The van der Waals surface area contributed by atoms with Gasteiger partial charge in [0.1, 0.15) is 24.4 Å². The van der Waals surface area contributed by atoms with Gasteiger partial charge in [0.15, 0.2) is 12.2 Å². The van der Waals surface area contributed by atoms with Crippen molar-refractivity contribution >= 4 is 24.7 Å². The van der Waals surface area contributed by atoms with Gasteiger partial charge in [-0.3, -0.25) is 0 Å². The zero-order valence-corrected chi connectivity index (χ0v) is 19.7. The van der Waals surface area contributed by atoms with Crippen LogP contribution in [0.15, 0.2) is 96.0 Å². The first-order valence-electron chi connectivity index (χ1n) is 11.5. The van der Waals surface area contributed by atoms with Crippen LogP contribution in [-0.4, -0.2) is 43.1 Å². The molecule has 174 valence electrons. The Morgan fingerprint density at radius 2 is 1.44 bits per heavy atom. The molecule has 0 radical (unpaired) electrons. The number of ether oxygens (including phenoxy) is 4. The average Bonchev–Trinajstić information content (AvgIpc) is 3.27. The highest BCUT2D eigenvalue weighted by Gasteiger charge is 2.54. The maximum Gasteiger partial charge on any atom is 0.227 e. The molecule has 3 aliphatic heterocycles. The summed E-state index contributed by atoms with van der Waals surface area (Å²) in [4.78, 5) is 4.76. The van der Waals surface area contributed by atoms with Gasteiger partial charge in [-0.25, -0.2) is 4.99 Å². The Labute approximate surface area is 200 Å². The molecule has 6 atom stereocenters. The summed E-state index contributed by atoms with van der Waals surface area (Å²) in [5.74, 6) is 0.603. The monoisotopic (exact) mass is 475 g/mol. The van der Waals surface area contributed by atoms with E-state index in [1.54, 1.807) is 0 Å². The third-order valence-corrected chi connectivity index (χ3v) is 8.19. The normalized spacial score (nSPS) is 30.2. The van der Waals surface area contributed by atoms with Crippen molar-refractivity contribution in [2.24, 2.45) is 4.99 Å². The number of aliphatic imine (C=N–C) groups is 1. The number of hydrogen-bond acceptors (Lipinski definition) is 6. The summed E-state index contributed by atoms with van der Waals surface area (Å²) in [7, 11) is -1.11. The van der Waals surface area contributed by atoms with E-state index in [0.717, 1.165) is 16.2 Å². The van der Waals surface area contributed by atoms with Crippen LogP contribution in [0.25, 0.3) is 0 Å². The number of fused-ring (bicyclic) bond motifs is 2. The molecule has 6 nitrogen and oxygen atoms in total. The zero-order chi connectivity index (χ0) is 22.9. The van der Waals surface area contributed by atoms with Crippen LogP contribution in [-0.2, 0) is 23.5 Å². The standard InChI is InChI=1S/C27H26NO5P/c1-18-28-23-25(33-34(20-13-7-3-8-14-20)21-15-9-4-10-16-21)24-22(31-27(23)30-18)17-29-26(32-24)19-11-5-2-6-12-19/h2-16,22-27H,17H2,1H3/t22-,23-,24-,25-,26-,27+/m1/s1. The zero-order valence-electron chi connectivity index (χ0n) is 18.8. The van der Waals surface area contributed by atoms with Crippen LogP contribution in [0.3, 0.4) is 0 Å². The molecule has 3 aromatic carbocycles. The molecule has 6 rings (SSSR count). The maximum atomic E-state index is 7.00. The van der Waals surface area contributed by atoms with E-state index in [1.807, 2.05) is 73.7 Å². The van der Waals surface area contributed by atoms with E-state index in [1.165, 1.54) is 0 Å². The van der Waals surface area contributed by atoms with Crippen molar-refractivity contribution in [2.45, 2.75) is 43.9 Å². The van der Waals surface area contributed by atoms with E-state index >= 15 is 0 Å². The van der Waals surface area contributed by atoms with Crippen molar-refractivity contribution in [2.75, 3.05) is 6.61 Å². The van der Waals surface area contributed by atoms with Crippen molar-refractivity contribution in [3.05, 3.63) is 96.6 Å². The second kappa shape index (κ2) is 9.57. The molecular weight excluding hydrogens is 449 g/mol. The van der Waals surface area contributed by atoms with Crippen molar-refractivity contribution < 1.29 is 23.5 Å². The van der Waals surface area contributed by atoms with Gasteiger partial charge in [-0.2, -0.15) is 0 Å². The third-order valence-electron chi connectivity index (χ3n) is 6.21. The molecule has 34 heavy (non-hydrogen) atoms. The molecule has 0 N–H and O–H groups in total. The quantitative estimate of drug-likeness (QED) is 0.521. The minimum Gasteiger partial charge on any atom is -0.450 e. The third kappa shape index (κ3) is 4.28. The Morgan fingerprint density at radius 3 is 2.09 bits per heavy atom. The molecule has 2 saturated heterocycles. The highest BCUT2D eigenvalue weighted by molar-refractivity contribution is 7.68. The number of rotatable bonds is 5. The van der Waals surface area contributed by atoms with E-state index < -0.39 is 20.7 Å². The summed E-state index contributed by atoms with van der Waals surface area (Å²) < 4.78 is 31.7.